The molecule has 1 unspecified atom stereocenters. The maximum atomic E-state index is 9.92. The number of halogens is 1. The van der Waals surface area contributed by atoms with Crippen molar-refractivity contribution in [2.75, 3.05) is 20.2 Å². The van der Waals surface area contributed by atoms with Crippen molar-refractivity contribution in [2.24, 2.45) is 0 Å². The SMILES string of the molecule is CNCC(O)c1c(Br)nn2c1OCCC2. The van der Waals surface area contributed by atoms with Crippen LogP contribution in [0, 0.1) is 0 Å². The highest BCUT2D eigenvalue weighted by Gasteiger charge is 2.25. The lowest BCUT2D eigenvalue weighted by Crippen LogP contribution is -2.19. The van der Waals surface area contributed by atoms with Crippen LogP contribution in [-0.4, -0.2) is 35.1 Å². The van der Waals surface area contributed by atoms with E-state index in [1.807, 2.05) is 0 Å². The maximum Gasteiger partial charge on any atom is 0.218 e. The van der Waals surface area contributed by atoms with Gasteiger partial charge in [-0.1, -0.05) is 0 Å². The van der Waals surface area contributed by atoms with Crippen molar-refractivity contribution in [3.8, 4) is 5.88 Å². The van der Waals surface area contributed by atoms with Crippen LogP contribution in [0.3, 0.4) is 0 Å². The number of hydrogen-bond acceptors (Lipinski definition) is 4. The first-order chi connectivity index (χ1) is 7.24. The Morgan fingerprint density at radius 1 is 1.73 bits per heavy atom. The molecule has 15 heavy (non-hydrogen) atoms. The van der Waals surface area contributed by atoms with Crippen LogP contribution in [0.1, 0.15) is 18.1 Å². The fraction of sp³-hybridized carbons (Fsp3) is 0.667. The lowest BCUT2D eigenvalue weighted by atomic mass is 10.2. The van der Waals surface area contributed by atoms with Gasteiger partial charge in [-0.05, 0) is 23.0 Å². The van der Waals surface area contributed by atoms with Crippen molar-refractivity contribution in [3.63, 3.8) is 0 Å². The van der Waals surface area contributed by atoms with Gasteiger partial charge in [-0.15, -0.1) is 0 Å². The molecule has 2 heterocycles. The van der Waals surface area contributed by atoms with Gasteiger partial charge in [0.15, 0.2) is 0 Å². The van der Waals surface area contributed by atoms with Crippen LogP contribution in [0.2, 0.25) is 0 Å². The number of nitrogens with one attached hydrogen (secondary N) is 1. The molecule has 84 valence electrons. The van der Waals surface area contributed by atoms with E-state index in [2.05, 4.69) is 26.3 Å². The molecule has 2 rings (SSSR count). The Kier molecular flexibility index (Phi) is 3.28. The molecule has 1 aliphatic rings. The molecule has 1 aromatic rings. The van der Waals surface area contributed by atoms with Gasteiger partial charge >= 0.3 is 0 Å². The second-order valence-electron chi connectivity index (χ2n) is 3.51. The molecule has 0 bridgehead atoms. The van der Waals surface area contributed by atoms with Crippen molar-refractivity contribution in [1.29, 1.82) is 0 Å². The Balaban J connectivity index is 2.32. The summed E-state index contributed by atoms with van der Waals surface area (Å²) in [7, 11) is 1.80. The molecule has 1 aromatic heterocycles. The standard InChI is InChI=1S/C9H14BrN3O2/c1-11-5-6(14)7-8(10)12-13-3-2-4-15-9(7)13/h6,11,14H,2-5H2,1H3. The van der Waals surface area contributed by atoms with Gasteiger partial charge in [0.25, 0.3) is 0 Å². The van der Waals surface area contributed by atoms with E-state index in [9.17, 15) is 5.11 Å². The Bertz CT molecular complexity index is 353. The monoisotopic (exact) mass is 275 g/mol. The number of aliphatic hydroxyl groups is 1. The van der Waals surface area contributed by atoms with Gasteiger partial charge in [0.05, 0.1) is 18.3 Å². The van der Waals surface area contributed by atoms with E-state index in [1.54, 1.807) is 11.7 Å². The summed E-state index contributed by atoms with van der Waals surface area (Å²) in [4.78, 5) is 0. The quantitative estimate of drug-likeness (QED) is 0.852. The van der Waals surface area contributed by atoms with E-state index in [0.29, 0.717) is 23.6 Å². The van der Waals surface area contributed by atoms with E-state index in [1.165, 1.54) is 0 Å². The van der Waals surface area contributed by atoms with Crippen molar-refractivity contribution in [3.05, 3.63) is 10.2 Å². The first-order valence-corrected chi connectivity index (χ1v) is 5.75. The summed E-state index contributed by atoms with van der Waals surface area (Å²) in [6.45, 7) is 2.03. The van der Waals surface area contributed by atoms with Gasteiger partial charge in [-0.25, -0.2) is 4.68 Å². The number of likely N-dealkylation sites (N-methyl/N-ethyl adjacent to an activating group) is 1. The average molecular weight is 276 g/mol. The van der Waals surface area contributed by atoms with E-state index >= 15 is 0 Å². The zero-order valence-corrected chi connectivity index (χ0v) is 10.1. The number of nitrogens with zero attached hydrogens (tertiary/aromatic N) is 2. The van der Waals surface area contributed by atoms with Gasteiger partial charge in [-0.2, -0.15) is 5.10 Å². The van der Waals surface area contributed by atoms with Crippen molar-refractivity contribution >= 4 is 15.9 Å². The summed E-state index contributed by atoms with van der Waals surface area (Å²) >= 11 is 3.35. The highest BCUT2D eigenvalue weighted by molar-refractivity contribution is 9.10. The number of ether oxygens (including phenoxy) is 1. The van der Waals surface area contributed by atoms with Crippen molar-refractivity contribution < 1.29 is 9.84 Å². The van der Waals surface area contributed by atoms with Crippen LogP contribution in [0.5, 0.6) is 5.88 Å². The first kappa shape index (κ1) is 10.9. The van der Waals surface area contributed by atoms with Gasteiger partial charge in [0, 0.05) is 19.5 Å². The Morgan fingerprint density at radius 3 is 3.27 bits per heavy atom. The first-order valence-electron chi connectivity index (χ1n) is 4.95. The molecule has 1 aliphatic heterocycles. The average Bonchev–Trinajstić information content (AvgIpc) is 2.54. The number of fused-ring (bicyclic) bond motifs is 1. The van der Waals surface area contributed by atoms with E-state index in [-0.39, 0.29) is 0 Å². The maximum absolute atomic E-state index is 9.92. The zero-order valence-electron chi connectivity index (χ0n) is 8.53. The number of hydrogen-bond donors (Lipinski definition) is 2. The third kappa shape index (κ3) is 2.02. The summed E-state index contributed by atoms with van der Waals surface area (Å²) in [6.07, 6.45) is 0.370. The van der Waals surface area contributed by atoms with E-state index < -0.39 is 6.10 Å². The third-order valence-electron chi connectivity index (χ3n) is 2.38. The molecule has 0 fully saturated rings. The van der Waals surface area contributed by atoms with Crippen molar-refractivity contribution in [2.45, 2.75) is 19.1 Å². The van der Waals surface area contributed by atoms with Crippen LogP contribution in [0.15, 0.2) is 4.60 Å². The van der Waals surface area contributed by atoms with Crippen LogP contribution in [0.25, 0.3) is 0 Å². The molecule has 2 N–H and O–H groups in total. The zero-order chi connectivity index (χ0) is 10.8. The Hall–Kier alpha value is -0.590. The molecule has 0 amide bonds. The summed E-state index contributed by atoms with van der Waals surface area (Å²) in [5.74, 6) is 0.691. The largest absolute Gasteiger partial charge is 0.477 e. The predicted molar refractivity (Wildman–Crippen MR) is 58.9 cm³/mol. The second kappa shape index (κ2) is 4.51. The highest BCUT2D eigenvalue weighted by atomic mass is 79.9. The van der Waals surface area contributed by atoms with Crippen LogP contribution >= 0.6 is 15.9 Å². The lowest BCUT2D eigenvalue weighted by Gasteiger charge is -2.17. The smallest absolute Gasteiger partial charge is 0.218 e. The number of rotatable bonds is 3. The molecule has 0 aromatic carbocycles. The summed E-state index contributed by atoms with van der Waals surface area (Å²) in [6, 6.07) is 0. The van der Waals surface area contributed by atoms with E-state index in [0.717, 1.165) is 18.5 Å². The molecule has 6 heteroatoms. The minimum Gasteiger partial charge on any atom is -0.477 e. The number of aryl methyl sites for hydroxylation is 1. The van der Waals surface area contributed by atoms with E-state index in [4.69, 9.17) is 4.74 Å². The predicted octanol–water partition coefficient (Wildman–Crippen LogP) is 0.681. The molecule has 0 saturated heterocycles. The minimum atomic E-state index is -0.591. The molecule has 0 spiro atoms. The molecular formula is C9H14BrN3O2. The fourth-order valence-corrected chi connectivity index (χ4v) is 2.32. The summed E-state index contributed by atoms with van der Waals surface area (Å²) in [5.41, 5.74) is 0.740. The summed E-state index contributed by atoms with van der Waals surface area (Å²) < 4.78 is 7.99. The number of aromatic nitrogens is 2. The van der Waals surface area contributed by atoms with Crippen LogP contribution < -0.4 is 10.1 Å². The molecule has 1 atom stereocenters. The van der Waals surface area contributed by atoms with Crippen molar-refractivity contribution in [1.82, 2.24) is 15.1 Å². The molecule has 0 saturated carbocycles. The van der Waals surface area contributed by atoms with Crippen LogP contribution in [-0.2, 0) is 6.54 Å². The van der Waals surface area contributed by atoms with Crippen LogP contribution in [0.4, 0.5) is 0 Å². The summed E-state index contributed by atoms with van der Waals surface area (Å²) in [5, 5.41) is 17.1. The molecule has 5 nitrogen and oxygen atoms in total. The Labute approximate surface area is 96.5 Å². The van der Waals surface area contributed by atoms with Gasteiger partial charge in [0.1, 0.15) is 4.60 Å². The second-order valence-corrected chi connectivity index (χ2v) is 4.26. The fourth-order valence-electron chi connectivity index (χ4n) is 1.69. The Morgan fingerprint density at radius 2 is 2.53 bits per heavy atom. The number of aliphatic hydroxyl groups excluding tert-OH is 1. The topological polar surface area (TPSA) is 59.3 Å². The normalized spacial score (nSPS) is 17.0. The van der Waals surface area contributed by atoms with Gasteiger partial charge in [0.2, 0.25) is 5.88 Å². The molecular weight excluding hydrogens is 262 g/mol. The third-order valence-corrected chi connectivity index (χ3v) is 2.97. The molecule has 0 radical (unpaired) electrons. The van der Waals surface area contributed by atoms with Gasteiger partial charge in [-0.3, -0.25) is 0 Å². The molecule has 0 aliphatic carbocycles. The lowest BCUT2D eigenvalue weighted by molar-refractivity contribution is 0.163. The minimum absolute atomic E-state index is 0.487. The van der Waals surface area contributed by atoms with Gasteiger partial charge < -0.3 is 15.2 Å². The highest BCUT2D eigenvalue weighted by Crippen LogP contribution is 2.34.